The van der Waals surface area contributed by atoms with Crippen LogP contribution in [0.15, 0.2) is 5.10 Å². The van der Waals surface area contributed by atoms with Crippen molar-refractivity contribution in [3.63, 3.8) is 0 Å². The van der Waals surface area contributed by atoms with E-state index in [0.717, 1.165) is 5.01 Å². The van der Waals surface area contributed by atoms with Gasteiger partial charge in [-0.05, 0) is 6.92 Å². The molecule has 5 nitrogen and oxygen atoms in total. The maximum atomic E-state index is 10.3. The van der Waals surface area contributed by atoms with Crippen molar-refractivity contribution in [1.29, 1.82) is 0 Å². The summed E-state index contributed by atoms with van der Waals surface area (Å²) >= 11 is 0. The predicted molar refractivity (Wildman–Crippen MR) is 34.3 cm³/mol. The minimum atomic E-state index is -0.0302. The summed E-state index contributed by atoms with van der Waals surface area (Å²) in [6, 6.07) is 0. The standard InChI is InChI=1S/C4H10N4O/c1-4(9)2-8(6)3-7-5/h3H,2,5-6H2,1H3. The van der Waals surface area contributed by atoms with Crippen molar-refractivity contribution < 1.29 is 4.79 Å². The summed E-state index contributed by atoms with van der Waals surface area (Å²) < 4.78 is 0. The van der Waals surface area contributed by atoms with Crippen molar-refractivity contribution in [2.75, 3.05) is 6.54 Å². The fraction of sp³-hybridized carbons (Fsp3) is 0.500. The van der Waals surface area contributed by atoms with Crippen molar-refractivity contribution in [3.8, 4) is 0 Å². The monoisotopic (exact) mass is 130 g/mol. The number of Topliss-reactive ketones (excluding diaryl/α,β-unsaturated/α-hetero) is 1. The van der Waals surface area contributed by atoms with Crippen LogP contribution in [-0.4, -0.2) is 23.7 Å². The summed E-state index contributed by atoms with van der Waals surface area (Å²) in [5, 5.41) is 4.23. The third-order valence-electron chi connectivity index (χ3n) is 0.620. The van der Waals surface area contributed by atoms with Gasteiger partial charge in [-0.25, -0.2) is 5.84 Å². The van der Waals surface area contributed by atoms with Crippen LogP contribution < -0.4 is 11.7 Å². The molecule has 0 rings (SSSR count). The van der Waals surface area contributed by atoms with Gasteiger partial charge in [-0.1, -0.05) is 0 Å². The molecule has 0 aliphatic heterocycles. The van der Waals surface area contributed by atoms with E-state index in [1.807, 2.05) is 0 Å². The number of nitrogens with two attached hydrogens (primary N) is 2. The van der Waals surface area contributed by atoms with Crippen molar-refractivity contribution in [3.05, 3.63) is 0 Å². The molecule has 0 aromatic rings. The van der Waals surface area contributed by atoms with Crippen molar-refractivity contribution in [2.45, 2.75) is 6.92 Å². The molecule has 0 aromatic carbocycles. The van der Waals surface area contributed by atoms with Crippen LogP contribution in [0.2, 0.25) is 0 Å². The number of carbonyl (C=O) groups excluding carboxylic acids is 1. The second kappa shape index (κ2) is 3.85. The highest BCUT2D eigenvalue weighted by atomic mass is 16.1. The van der Waals surface area contributed by atoms with Gasteiger partial charge in [0, 0.05) is 0 Å². The SMILES string of the molecule is CC(=O)CN(N)C=NN. The lowest BCUT2D eigenvalue weighted by Crippen LogP contribution is -2.34. The number of hydrogen-bond acceptors (Lipinski definition) is 4. The first-order valence-electron chi connectivity index (χ1n) is 2.41. The zero-order valence-corrected chi connectivity index (χ0v) is 5.24. The van der Waals surface area contributed by atoms with Gasteiger partial charge in [0.05, 0.1) is 6.54 Å². The first kappa shape index (κ1) is 7.90. The topological polar surface area (TPSA) is 84.7 Å². The average Bonchev–Trinajstić information content (AvgIpc) is 1.63. The van der Waals surface area contributed by atoms with Gasteiger partial charge in [0.25, 0.3) is 0 Å². The van der Waals surface area contributed by atoms with E-state index < -0.39 is 0 Å². The Morgan fingerprint density at radius 3 is 2.78 bits per heavy atom. The molecule has 5 heteroatoms. The van der Waals surface area contributed by atoms with E-state index in [0.29, 0.717) is 0 Å². The van der Waals surface area contributed by atoms with E-state index in [-0.39, 0.29) is 12.3 Å². The molecule has 0 saturated heterocycles. The molecular weight excluding hydrogens is 120 g/mol. The summed E-state index contributed by atoms with van der Waals surface area (Å²) in [7, 11) is 0. The Hall–Kier alpha value is -1.10. The van der Waals surface area contributed by atoms with E-state index >= 15 is 0 Å². The lowest BCUT2D eigenvalue weighted by molar-refractivity contribution is -0.117. The highest BCUT2D eigenvalue weighted by Crippen LogP contribution is 1.71. The average molecular weight is 130 g/mol. The van der Waals surface area contributed by atoms with Gasteiger partial charge in [-0.15, -0.1) is 0 Å². The van der Waals surface area contributed by atoms with Gasteiger partial charge in [0.2, 0.25) is 0 Å². The molecule has 0 fully saturated rings. The minimum absolute atomic E-state index is 0.0302. The van der Waals surface area contributed by atoms with E-state index in [4.69, 9.17) is 11.7 Å². The quantitative estimate of drug-likeness (QED) is 0.214. The Morgan fingerprint density at radius 2 is 2.44 bits per heavy atom. The van der Waals surface area contributed by atoms with E-state index in [2.05, 4.69) is 5.10 Å². The van der Waals surface area contributed by atoms with Gasteiger partial charge in [-0.3, -0.25) is 9.80 Å². The van der Waals surface area contributed by atoms with Crippen LogP contribution in [0.5, 0.6) is 0 Å². The number of hydrazone groups is 1. The molecule has 0 aliphatic carbocycles. The largest absolute Gasteiger partial charge is 0.322 e. The van der Waals surface area contributed by atoms with Crippen LogP contribution in [0.3, 0.4) is 0 Å². The third-order valence-corrected chi connectivity index (χ3v) is 0.620. The fourth-order valence-corrected chi connectivity index (χ4v) is 0.384. The number of carbonyl (C=O) groups is 1. The molecule has 0 heterocycles. The van der Waals surface area contributed by atoms with Gasteiger partial charge in [0.1, 0.15) is 6.34 Å². The van der Waals surface area contributed by atoms with Crippen molar-refractivity contribution in [1.82, 2.24) is 5.01 Å². The van der Waals surface area contributed by atoms with Crippen LogP contribution in [0.25, 0.3) is 0 Å². The molecule has 0 radical (unpaired) electrons. The zero-order valence-electron chi connectivity index (χ0n) is 5.24. The molecule has 0 bridgehead atoms. The summed E-state index contributed by atoms with van der Waals surface area (Å²) in [6.07, 6.45) is 1.18. The summed E-state index contributed by atoms with van der Waals surface area (Å²) in [6.45, 7) is 1.57. The van der Waals surface area contributed by atoms with Crippen LogP contribution in [0.4, 0.5) is 0 Å². The van der Waals surface area contributed by atoms with Gasteiger partial charge >= 0.3 is 0 Å². The lowest BCUT2D eigenvalue weighted by Gasteiger charge is -2.07. The third kappa shape index (κ3) is 4.76. The second-order valence-electron chi connectivity index (χ2n) is 1.64. The highest BCUT2D eigenvalue weighted by Gasteiger charge is 1.94. The van der Waals surface area contributed by atoms with Crippen LogP contribution in [0, 0.1) is 0 Å². The first-order chi connectivity index (χ1) is 4.16. The number of nitrogens with zero attached hydrogens (tertiary/aromatic N) is 2. The minimum Gasteiger partial charge on any atom is -0.322 e. The van der Waals surface area contributed by atoms with E-state index in [1.54, 1.807) is 0 Å². The molecule has 4 N–H and O–H groups in total. The maximum Gasteiger partial charge on any atom is 0.150 e. The van der Waals surface area contributed by atoms with E-state index in [9.17, 15) is 4.79 Å². The van der Waals surface area contributed by atoms with E-state index in [1.165, 1.54) is 13.3 Å². The summed E-state index contributed by atoms with van der Waals surface area (Å²) in [4.78, 5) is 10.3. The zero-order chi connectivity index (χ0) is 7.28. The molecule has 0 amide bonds. The molecule has 0 atom stereocenters. The number of ketones is 1. The summed E-state index contributed by atoms with van der Waals surface area (Å²) in [5.41, 5.74) is 0. The fourth-order valence-electron chi connectivity index (χ4n) is 0.384. The highest BCUT2D eigenvalue weighted by molar-refractivity contribution is 5.79. The Balaban J connectivity index is 3.50. The van der Waals surface area contributed by atoms with Crippen LogP contribution in [0.1, 0.15) is 6.92 Å². The number of rotatable bonds is 3. The summed E-state index contributed by atoms with van der Waals surface area (Å²) in [5.74, 6) is 9.88. The Morgan fingerprint density at radius 1 is 1.89 bits per heavy atom. The van der Waals surface area contributed by atoms with Crippen molar-refractivity contribution in [2.24, 2.45) is 16.8 Å². The van der Waals surface area contributed by atoms with Gasteiger partial charge in [-0.2, -0.15) is 5.10 Å². The van der Waals surface area contributed by atoms with Crippen LogP contribution in [-0.2, 0) is 4.79 Å². The van der Waals surface area contributed by atoms with Crippen molar-refractivity contribution >= 4 is 12.1 Å². The Labute approximate surface area is 53.3 Å². The second-order valence-corrected chi connectivity index (χ2v) is 1.64. The molecule has 0 aromatic heterocycles. The molecule has 52 valence electrons. The maximum absolute atomic E-state index is 10.3. The molecular formula is C4H10N4O. The van der Waals surface area contributed by atoms with Crippen LogP contribution >= 0.6 is 0 Å². The normalized spacial score (nSPS) is 10.0. The Kier molecular flexibility index (Phi) is 3.38. The Bertz CT molecular complexity index is 122. The molecule has 0 unspecified atom stereocenters. The number of hydrazine groups is 1. The molecule has 0 aliphatic rings. The first-order valence-corrected chi connectivity index (χ1v) is 2.41. The number of hydrogen-bond donors (Lipinski definition) is 2. The molecule has 9 heavy (non-hydrogen) atoms. The van der Waals surface area contributed by atoms with Gasteiger partial charge < -0.3 is 5.84 Å². The lowest BCUT2D eigenvalue weighted by atomic mass is 10.4. The smallest absolute Gasteiger partial charge is 0.150 e. The van der Waals surface area contributed by atoms with Gasteiger partial charge in [0.15, 0.2) is 5.78 Å². The molecule has 0 spiro atoms. The molecule has 0 saturated carbocycles. The predicted octanol–water partition coefficient (Wildman–Crippen LogP) is -1.35.